The van der Waals surface area contributed by atoms with Crippen LogP contribution in [-0.4, -0.2) is 42.1 Å². The number of aromatic hydroxyl groups is 2. The summed E-state index contributed by atoms with van der Waals surface area (Å²) >= 11 is 0. The van der Waals surface area contributed by atoms with Crippen LogP contribution in [0.4, 0.5) is 0 Å². The Balaban J connectivity index is 2.04. The average molecular weight is 396 g/mol. The van der Waals surface area contributed by atoms with Crippen molar-refractivity contribution in [2.75, 3.05) is 14.2 Å². The van der Waals surface area contributed by atoms with Crippen LogP contribution >= 0.6 is 0 Å². The van der Waals surface area contributed by atoms with Crippen molar-refractivity contribution in [3.8, 4) is 17.2 Å². The summed E-state index contributed by atoms with van der Waals surface area (Å²) in [6, 6.07) is 9.51. The van der Waals surface area contributed by atoms with Crippen LogP contribution in [0.3, 0.4) is 0 Å². The van der Waals surface area contributed by atoms with Crippen LogP contribution < -0.4 is 4.74 Å². The monoisotopic (exact) mass is 396 g/mol. The zero-order chi connectivity index (χ0) is 21.4. The number of ether oxygens (including phenoxy) is 2. The molecule has 0 aliphatic carbocycles. The first-order valence-corrected chi connectivity index (χ1v) is 8.97. The van der Waals surface area contributed by atoms with Gasteiger partial charge in [-0.1, -0.05) is 30.4 Å². The van der Waals surface area contributed by atoms with E-state index < -0.39 is 6.10 Å². The molecule has 1 unspecified atom stereocenters. The Labute approximate surface area is 169 Å². The van der Waals surface area contributed by atoms with Gasteiger partial charge < -0.3 is 19.7 Å². The minimum absolute atomic E-state index is 0.0303. The molecular weight excluding hydrogens is 372 g/mol. The molecule has 0 aromatic heterocycles. The molecular formula is C23H24O6. The minimum atomic E-state index is -0.448. The van der Waals surface area contributed by atoms with E-state index in [1.165, 1.54) is 39.4 Å². The van der Waals surface area contributed by atoms with Gasteiger partial charge in [-0.25, -0.2) is 0 Å². The standard InChI is InChI=1S/C23H24O6/c1-15(24)20-12-16(6-10-21(20)26)5-9-19(28-2)14-18(25)8-4-17-7-11-22(27)23(13-17)29-3/h4-13,19,26-27H,14H2,1-3H3/b8-4+,9-5+. The van der Waals surface area contributed by atoms with Crippen molar-refractivity contribution >= 4 is 23.7 Å². The Morgan fingerprint density at radius 2 is 1.66 bits per heavy atom. The van der Waals surface area contributed by atoms with Crippen molar-refractivity contribution in [3.63, 3.8) is 0 Å². The highest BCUT2D eigenvalue weighted by atomic mass is 16.5. The number of ketones is 2. The number of carbonyl (C=O) groups is 2. The molecule has 0 radical (unpaired) electrons. The molecule has 2 rings (SSSR count). The van der Waals surface area contributed by atoms with Crippen molar-refractivity contribution in [1.82, 2.24) is 0 Å². The lowest BCUT2D eigenvalue weighted by atomic mass is 10.0. The lowest BCUT2D eigenvalue weighted by Crippen LogP contribution is -2.12. The summed E-state index contributed by atoms with van der Waals surface area (Å²) in [7, 11) is 2.96. The zero-order valence-corrected chi connectivity index (χ0v) is 16.6. The molecule has 1 atom stereocenters. The Kier molecular flexibility index (Phi) is 7.74. The second-order valence-electron chi connectivity index (χ2n) is 6.40. The van der Waals surface area contributed by atoms with Gasteiger partial charge in [0.25, 0.3) is 0 Å². The summed E-state index contributed by atoms with van der Waals surface area (Å²) < 4.78 is 10.4. The van der Waals surface area contributed by atoms with Crippen molar-refractivity contribution < 1.29 is 29.3 Å². The fourth-order valence-electron chi connectivity index (χ4n) is 2.64. The van der Waals surface area contributed by atoms with Crippen molar-refractivity contribution in [1.29, 1.82) is 0 Å². The number of benzene rings is 2. The van der Waals surface area contributed by atoms with E-state index in [9.17, 15) is 19.8 Å². The predicted octanol–water partition coefficient (Wildman–Crippen LogP) is 4.01. The second kappa shape index (κ2) is 10.2. The first-order chi connectivity index (χ1) is 13.8. The number of phenols is 2. The summed E-state index contributed by atoms with van der Waals surface area (Å²) in [5, 5.41) is 19.3. The first kappa shape index (κ1) is 21.9. The highest BCUT2D eigenvalue weighted by Gasteiger charge is 2.10. The molecule has 0 bridgehead atoms. The predicted molar refractivity (Wildman–Crippen MR) is 111 cm³/mol. The number of rotatable bonds is 9. The maximum absolute atomic E-state index is 12.2. The zero-order valence-electron chi connectivity index (χ0n) is 16.6. The largest absolute Gasteiger partial charge is 0.507 e. The van der Waals surface area contributed by atoms with E-state index in [-0.39, 0.29) is 35.0 Å². The molecule has 0 fully saturated rings. The van der Waals surface area contributed by atoms with Gasteiger partial charge in [0.1, 0.15) is 5.75 Å². The Morgan fingerprint density at radius 1 is 1.00 bits per heavy atom. The molecule has 152 valence electrons. The van der Waals surface area contributed by atoms with E-state index >= 15 is 0 Å². The van der Waals surface area contributed by atoms with Crippen LogP contribution in [0.2, 0.25) is 0 Å². The van der Waals surface area contributed by atoms with Gasteiger partial charge in [-0.3, -0.25) is 9.59 Å². The quantitative estimate of drug-likeness (QED) is 0.491. The SMILES string of the molecule is COc1cc(/C=C/C(=O)CC(/C=C/c2ccc(O)c(C(C)=O)c2)OC)ccc1O. The molecule has 6 heteroatoms. The smallest absolute Gasteiger partial charge is 0.163 e. The number of hydrogen-bond acceptors (Lipinski definition) is 6. The second-order valence-corrected chi connectivity index (χ2v) is 6.40. The molecule has 0 saturated carbocycles. The van der Waals surface area contributed by atoms with E-state index in [0.717, 1.165) is 5.56 Å². The van der Waals surface area contributed by atoms with Gasteiger partial charge in [-0.05, 0) is 48.4 Å². The maximum Gasteiger partial charge on any atom is 0.163 e. The third kappa shape index (κ3) is 6.33. The number of phenolic OH excluding ortho intramolecular Hbond substituents is 2. The molecule has 0 amide bonds. The third-order valence-electron chi connectivity index (χ3n) is 4.27. The maximum atomic E-state index is 12.2. The molecule has 2 N–H and O–H groups in total. The number of hydrogen-bond donors (Lipinski definition) is 2. The summed E-state index contributed by atoms with van der Waals surface area (Å²) in [6.07, 6.45) is 6.24. The Morgan fingerprint density at radius 3 is 2.28 bits per heavy atom. The van der Waals surface area contributed by atoms with E-state index in [1.807, 2.05) is 0 Å². The lowest BCUT2D eigenvalue weighted by Gasteiger charge is -2.09. The summed E-state index contributed by atoms with van der Waals surface area (Å²) in [5.74, 6) is -0.0705. The topological polar surface area (TPSA) is 93.1 Å². The van der Waals surface area contributed by atoms with Gasteiger partial charge >= 0.3 is 0 Å². The van der Waals surface area contributed by atoms with Gasteiger partial charge in [0.15, 0.2) is 23.1 Å². The molecule has 0 aliphatic rings. The number of carbonyl (C=O) groups excluding carboxylic acids is 2. The van der Waals surface area contributed by atoms with Crippen LogP contribution in [0, 0.1) is 0 Å². The van der Waals surface area contributed by atoms with Crippen LogP contribution in [0.15, 0.2) is 48.6 Å². The summed E-state index contributed by atoms with van der Waals surface area (Å²) in [5.41, 5.74) is 1.68. The molecule has 29 heavy (non-hydrogen) atoms. The van der Waals surface area contributed by atoms with E-state index in [1.54, 1.807) is 42.5 Å². The minimum Gasteiger partial charge on any atom is -0.507 e. The molecule has 0 aliphatic heterocycles. The summed E-state index contributed by atoms with van der Waals surface area (Å²) in [6.45, 7) is 1.38. The van der Waals surface area contributed by atoms with Crippen LogP contribution in [0.1, 0.15) is 34.8 Å². The normalized spacial score (nSPS) is 12.4. The van der Waals surface area contributed by atoms with Gasteiger partial charge in [0.05, 0.1) is 18.8 Å². The summed E-state index contributed by atoms with van der Waals surface area (Å²) in [4.78, 5) is 23.8. The molecule has 6 nitrogen and oxygen atoms in total. The fraction of sp³-hybridized carbons (Fsp3) is 0.217. The molecule has 2 aromatic rings. The number of allylic oxidation sites excluding steroid dienone is 1. The third-order valence-corrected chi connectivity index (χ3v) is 4.27. The van der Waals surface area contributed by atoms with Gasteiger partial charge in [-0.15, -0.1) is 0 Å². The van der Waals surface area contributed by atoms with Crippen LogP contribution in [0.5, 0.6) is 17.2 Å². The van der Waals surface area contributed by atoms with Gasteiger partial charge in [0, 0.05) is 13.5 Å². The van der Waals surface area contributed by atoms with Gasteiger partial charge in [-0.2, -0.15) is 0 Å². The fourth-order valence-corrected chi connectivity index (χ4v) is 2.64. The highest BCUT2D eigenvalue weighted by Crippen LogP contribution is 2.26. The van der Waals surface area contributed by atoms with E-state index in [4.69, 9.17) is 9.47 Å². The lowest BCUT2D eigenvalue weighted by molar-refractivity contribution is -0.116. The van der Waals surface area contributed by atoms with Crippen molar-refractivity contribution in [2.45, 2.75) is 19.4 Å². The molecule has 0 spiro atoms. The number of methoxy groups -OCH3 is 2. The van der Waals surface area contributed by atoms with Gasteiger partial charge in [0.2, 0.25) is 0 Å². The molecule has 0 heterocycles. The Bertz CT molecular complexity index is 942. The van der Waals surface area contributed by atoms with E-state index in [0.29, 0.717) is 11.3 Å². The van der Waals surface area contributed by atoms with Crippen LogP contribution in [-0.2, 0) is 9.53 Å². The number of Topliss-reactive ketones (excluding diaryl/α,β-unsaturated/α-hetero) is 1. The van der Waals surface area contributed by atoms with Crippen molar-refractivity contribution in [3.05, 3.63) is 65.2 Å². The average Bonchev–Trinajstić information content (AvgIpc) is 2.71. The van der Waals surface area contributed by atoms with Crippen LogP contribution in [0.25, 0.3) is 12.2 Å². The molecule has 2 aromatic carbocycles. The highest BCUT2D eigenvalue weighted by molar-refractivity contribution is 5.97. The first-order valence-electron chi connectivity index (χ1n) is 8.97. The Hall–Kier alpha value is -3.38. The molecule has 0 saturated heterocycles. The van der Waals surface area contributed by atoms with Crippen molar-refractivity contribution in [2.24, 2.45) is 0 Å². The van der Waals surface area contributed by atoms with E-state index in [2.05, 4.69) is 0 Å².